The fourth-order valence-electron chi connectivity index (χ4n) is 1.95. The van der Waals surface area contributed by atoms with Crippen molar-refractivity contribution in [1.29, 1.82) is 0 Å². The van der Waals surface area contributed by atoms with E-state index in [9.17, 15) is 0 Å². The first-order valence-electron chi connectivity index (χ1n) is 7.64. The Hall–Kier alpha value is -1.32. The minimum Gasteiger partial charge on any atom is -0.373 e. The van der Waals surface area contributed by atoms with Crippen LogP contribution in [0.3, 0.4) is 0 Å². The molecule has 20 heavy (non-hydrogen) atoms. The van der Waals surface area contributed by atoms with Crippen LogP contribution in [-0.4, -0.2) is 30.1 Å². The van der Waals surface area contributed by atoms with Crippen molar-refractivity contribution in [3.63, 3.8) is 0 Å². The van der Waals surface area contributed by atoms with Crippen LogP contribution in [0.5, 0.6) is 0 Å². The van der Waals surface area contributed by atoms with Crippen molar-refractivity contribution < 1.29 is 0 Å². The molecule has 4 nitrogen and oxygen atoms in total. The zero-order chi connectivity index (χ0) is 15.3. The smallest absolute Gasteiger partial charge is 0.138 e. The van der Waals surface area contributed by atoms with Gasteiger partial charge < -0.3 is 10.2 Å². The third-order valence-electron chi connectivity index (χ3n) is 3.57. The van der Waals surface area contributed by atoms with Gasteiger partial charge >= 0.3 is 0 Å². The molecule has 1 N–H and O–H groups in total. The van der Waals surface area contributed by atoms with Crippen LogP contribution in [0.1, 0.15) is 53.8 Å². The first kappa shape index (κ1) is 16.7. The molecule has 0 fully saturated rings. The van der Waals surface area contributed by atoms with Crippen molar-refractivity contribution in [2.75, 3.05) is 30.4 Å². The minimum atomic E-state index is -0.0443. The molecule has 0 aliphatic rings. The average molecular weight is 278 g/mol. The van der Waals surface area contributed by atoms with Crippen LogP contribution in [0.15, 0.2) is 6.07 Å². The Balaban J connectivity index is 3.14. The van der Waals surface area contributed by atoms with Gasteiger partial charge in [0.25, 0.3) is 0 Å². The average Bonchev–Trinajstić information content (AvgIpc) is 2.42. The van der Waals surface area contributed by atoms with Gasteiger partial charge in [0.05, 0.1) is 0 Å². The van der Waals surface area contributed by atoms with E-state index in [-0.39, 0.29) is 5.41 Å². The number of nitrogens with one attached hydrogen (secondary N) is 1. The van der Waals surface area contributed by atoms with Crippen LogP contribution >= 0.6 is 0 Å². The molecule has 0 aromatic carbocycles. The molecule has 0 spiro atoms. The van der Waals surface area contributed by atoms with E-state index in [1.54, 1.807) is 0 Å². The Bertz CT molecular complexity index is 423. The molecule has 1 aromatic heterocycles. The van der Waals surface area contributed by atoms with Gasteiger partial charge in [0, 0.05) is 31.6 Å². The highest BCUT2D eigenvalue weighted by molar-refractivity contribution is 5.49. The quantitative estimate of drug-likeness (QED) is 0.861. The molecule has 0 aliphatic heterocycles. The molecule has 0 amide bonds. The summed E-state index contributed by atoms with van der Waals surface area (Å²) in [5.74, 6) is 3.47. The van der Waals surface area contributed by atoms with Gasteiger partial charge in [0.1, 0.15) is 17.5 Å². The van der Waals surface area contributed by atoms with E-state index in [1.165, 1.54) is 6.42 Å². The largest absolute Gasteiger partial charge is 0.373 e. The molecule has 1 atom stereocenters. The molecule has 0 bridgehead atoms. The summed E-state index contributed by atoms with van der Waals surface area (Å²) < 4.78 is 0. The summed E-state index contributed by atoms with van der Waals surface area (Å²) in [7, 11) is 1.91. The predicted molar refractivity (Wildman–Crippen MR) is 87.6 cm³/mol. The first-order chi connectivity index (χ1) is 9.31. The second kappa shape index (κ2) is 6.91. The predicted octanol–water partition coefficient (Wildman–Crippen LogP) is 3.69. The molecule has 0 saturated carbocycles. The Morgan fingerprint density at radius 1 is 1.25 bits per heavy atom. The maximum Gasteiger partial charge on any atom is 0.138 e. The van der Waals surface area contributed by atoms with Gasteiger partial charge in [-0.25, -0.2) is 9.97 Å². The lowest BCUT2D eigenvalue weighted by Crippen LogP contribution is -2.30. The molecule has 1 heterocycles. The van der Waals surface area contributed by atoms with Gasteiger partial charge in [-0.15, -0.1) is 0 Å². The van der Waals surface area contributed by atoms with E-state index in [2.05, 4.69) is 56.7 Å². The van der Waals surface area contributed by atoms with Gasteiger partial charge in [-0.2, -0.15) is 0 Å². The third kappa shape index (κ3) is 4.36. The summed E-state index contributed by atoms with van der Waals surface area (Å²) in [4.78, 5) is 11.7. The Morgan fingerprint density at radius 2 is 1.90 bits per heavy atom. The summed E-state index contributed by atoms with van der Waals surface area (Å²) in [6.07, 6.45) is 1.19. The molecule has 1 rings (SSSR count). The molecular formula is C16H30N4. The lowest BCUT2D eigenvalue weighted by molar-refractivity contribution is 0.530. The second-order valence-electron chi connectivity index (χ2n) is 6.49. The standard InChI is InChI=1S/C16H30N4/c1-8-12(3)11-20(9-2)14-10-13(17-7)18-15(19-14)16(4,5)6/h10,12H,8-9,11H2,1-7H3,(H,17,18,19). The molecule has 1 aromatic rings. The monoisotopic (exact) mass is 278 g/mol. The van der Waals surface area contributed by atoms with E-state index in [0.29, 0.717) is 5.92 Å². The maximum absolute atomic E-state index is 4.79. The highest BCUT2D eigenvalue weighted by Crippen LogP contribution is 2.24. The van der Waals surface area contributed by atoms with E-state index in [4.69, 9.17) is 4.98 Å². The van der Waals surface area contributed by atoms with E-state index in [1.807, 2.05) is 13.1 Å². The zero-order valence-electron chi connectivity index (χ0n) is 14.1. The van der Waals surface area contributed by atoms with Crippen LogP contribution in [0.2, 0.25) is 0 Å². The van der Waals surface area contributed by atoms with Crippen molar-refractivity contribution in [2.45, 2.75) is 53.4 Å². The molecule has 1 unspecified atom stereocenters. The van der Waals surface area contributed by atoms with Crippen LogP contribution < -0.4 is 10.2 Å². The first-order valence-corrected chi connectivity index (χ1v) is 7.64. The fraction of sp³-hybridized carbons (Fsp3) is 0.750. The van der Waals surface area contributed by atoms with Crippen molar-refractivity contribution in [2.24, 2.45) is 5.92 Å². The molecule has 114 valence electrons. The molecular weight excluding hydrogens is 248 g/mol. The van der Waals surface area contributed by atoms with Gasteiger partial charge in [-0.1, -0.05) is 41.0 Å². The highest BCUT2D eigenvalue weighted by Gasteiger charge is 2.20. The summed E-state index contributed by atoms with van der Waals surface area (Å²) in [5, 5.41) is 3.15. The van der Waals surface area contributed by atoms with Crippen molar-refractivity contribution in [3.05, 3.63) is 11.9 Å². The number of hydrogen-bond acceptors (Lipinski definition) is 4. The van der Waals surface area contributed by atoms with Gasteiger partial charge in [0.15, 0.2) is 0 Å². The Kier molecular flexibility index (Phi) is 5.78. The van der Waals surface area contributed by atoms with Gasteiger partial charge in [-0.05, 0) is 12.8 Å². The van der Waals surface area contributed by atoms with Crippen LogP contribution in [0.25, 0.3) is 0 Å². The van der Waals surface area contributed by atoms with E-state index >= 15 is 0 Å². The van der Waals surface area contributed by atoms with Crippen LogP contribution in [-0.2, 0) is 5.41 Å². The second-order valence-corrected chi connectivity index (χ2v) is 6.49. The number of aromatic nitrogens is 2. The Morgan fingerprint density at radius 3 is 2.35 bits per heavy atom. The summed E-state index contributed by atoms with van der Waals surface area (Å²) in [6, 6.07) is 2.04. The normalized spacial score (nSPS) is 13.2. The minimum absolute atomic E-state index is 0.0443. The fourth-order valence-corrected chi connectivity index (χ4v) is 1.95. The molecule has 0 aliphatic carbocycles. The molecule has 0 saturated heterocycles. The van der Waals surface area contributed by atoms with Crippen molar-refractivity contribution in [3.8, 4) is 0 Å². The zero-order valence-corrected chi connectivity index (χ0v) is 14.1. The van der Waals surface area contributed by atoms with Gasteiger partial charge in [0.2, 0.25) is 0 Å². The van der Waals surface area contributed by atoms with Crippen LogP contribution in [0.4, 0.5) is 11.6 Å². The van der Waals surface area contributed by atoms with E-state index in [0.717, 1.165) is 30.5 Å². The lowest BCUT2D eigenvalue weighted by Gasteiger charge is -2.27. The number of nitrogens with zero attached hydrogens (tertiary/aromatic N) is 3. The van der Waals surface area contributed by atoms with Crippen molar-refractivity contribution >= 4 is 11.6 Å². The van der Waals surface area contributed by atoms with E-state index < -0.39 is 0 Å². The van der Waals surface area contributed by atoms with Crippen molar-refractivity contribution in [1.82, 2.24) is 9.97 Å². The Labute approximate surface area is 124 Å². The number of rotatable bonds is 6. The number of anilines is 2. The number of hydrogen-bond donors (Lipinski definition) is 1. The summed E-state index contributed by atoms with van der Waals surface area (Å²) in [5.41, 5.74) is -0.0443. The summed E-state index contributed by atoms with van der Waals surface area (Å²) in [6.45, 7) is 15.2. The maximum atomic E-state index is 4.79. The molecule has 4 heteroatoms. The van der Waals surface area contributed by atoms with Crippen LogP contribution in [0, 0.1) is 5.92 Å². The topological polar surface area (TPSA) is 41.0 Å². The lowest BCUT2D eigenvalue weighted by atomic mass is 9.95. The SMILES string of the molecule is CCC(C)CN(CC)c1cc(NC)nc(C(C)(C)C)n1. The van der Waals surface area contributed by atoms with Gasteiger partial charge in [-0.3, -0.25) is 0 Å². The summed E-state index contributed by atoms with van der Waals surface area (Å²) >= 11 is 0. The highest BCUT2D eigenvalue weighted by atomic mass is 15.2. The molecule has 0 radical (unpaired) electrons. The third-order valence-corrected chi connectivity index (χ3v) is 3.57.